The lowest BCUT2D eigenvalue weighted by molar-refractivity contribution is 0.866. The van der Waals surface area contributed by atoms with Crippen LogP contribution in [0.2, 0.25) is 0 Å². The van der Waals surface area contributed by atoms with E-state index in [1.54, 1.807) is 17.7 Å². The lowest BCUT2D eigenvalue weighted by Crippen LogP contribution is -2.09. The molecule has 0 saturated heterocycles. The summed E-state index contributed by atoms with van der Waals surface area (Å²) in [5, 5.41) is 4.70. The number of hydrogen-bond acceptors (Lipinski definition) is 4. The van der Waals surface area contributed by atoms with Gasteiger partial charge in [-0.1, -0.05) is 24.3 Å². The van der Waals surface area contributed by atoms with E-state index in [-0.39, 0.29) is 6.04 Å². The molecule has 21 heavy (non-hydrogen) atoms. The normalized spacial score (nSPS) is 12.6. The van der Waals surface area contributed by atoms with Gasteiger partial charge in [-0.2, -0.15) is 0 Å². The Hall–Kier alpha value is -1.94. The van der Waals surface area contributed by atoms with Gasteiger partial charge in [-0.3, -0.25) is 0 Å². The van der Waals surface area contributed by atoms with Crippen molar-refractivity contribution in [2.45, 2.75) is 33.7 Å². The first-order valence-corrected chi connectivity index (χ1v) is 7.92. The average Bonchev–Trinajstić information content (AvgIpc) is 2.75. The van der Waals surface area contributed by atoms with Crippen molar-refractivity contribution in [2.24, 2.45) is 0 Å². The Labute approximate surface area is 129 Å². The molecule has 1 aromatic carbocycles. The van der Waals surface area contributed by atoms with E-state index in [0.29, 0.717) is 0 Å². The lowest BCUT2D eigenvalue weighted by atomic mass is 10.0. The van der Waals surface area contributed by atoms with Gasteiger partial charge in [0.15, 0.2) is 0 Å². The van der Waals surface area contributed by atoms with Crippen LogP contribution in [0.4, 0.5) is 5.82 Å². The third-order valence-electron chi connectivity index (χ3n) is 3.97. The summed E-state index contributed by atoms with van der Waals surface area (Å²) in [7, 11) is 0. The number of thiophene rings is 1. The molecular weight excluding hydrogens is 278 g/mol. The second-order valence-electron chi connectivity index (χ2n) is 5.41. The third kappa shape index (κ3) is 2.51. The van der Waals surface area contributed by atoms with Gasteiger partial charge in [0.1, 0.15) is 17.0 Å². The van der Waals surface area contributed by atoms with Crippen molar-refractivity contribution in [1.29, 1.82) is 0 Å². The van der Waals surface area contributed by atoms with Gasteiger partial charge in [0.25, 0.3) is 0 Å². The maximum atomic E-state index is 4.46. The number of rotatable bonds is 3. The van der Waals surface area contributed by atoms with Crippen molar-refractivity contribution in [1.82, 2.24) is 9.97 Å². The monoisotopic (exact) mass is 297 g/mol. The van der Waals surface area contributed by atoms with Crippen molar-refractivity contribution in [3.05, 3.63) is 52.2 Å². The molecule has 0 saturated carbocycles. The topological polar surface area (TPSA) is 37.8 Å². The molecule has 4 heteroatoms. The summed E-state index contributed by atoms with van der Waals surface area (Å²) in [5.41, 5.74) is 3.87. The molecule has 1 atom stereocenters. The first-order chi connectivity index (χ1) is 10.1. The number of aromatic nitrogens is 2. The van der Waals surface area contributed by atoms with E-state index in [0.717, 1.165) is 16.0 Å². The molecule has 108 valence electrons. The largest absolute Gasteiger partial charge is 0.363 e. The summed E-state index contributed by atoms with van der Waals surface area (Å²) < 4.78 is 0. The number of benzene rings is 1. The minimum absolute atomic E-state index is 0.212. The van der Waals surface area contributed by atoms with Crippen molar-refractivity contribution in [2.75, 3.05) is 5.32 Å². The molecule has 0 amide bonds. The van der Waals surface area contributed by atoms with Gasteiger partial charge >= 0.3 is 0 Å². The smallest absolute Gasteiger partial charge is 0.138 e. The summed E-state index contributed by atoms with van der Waals surface area (Å²) in [4.78, 5) is 11.2. The zero-order valence-corrected chi connectivity index (χ0v) is 13.6. The van der Waals surface area contributed by atoms with Crippen LogP contribution in [0.25, 0.3) is 10.2 Å². The molecule has 3 nitrogen and oxygen atoms in total. The Morgan fingerprint density at radius 1 is 1.10 bits per heavy atom. The molecule has 2 heterocycles. The predicted molar refractivity (Wildman–Crippen MR) is 90.1 cm³/mol. The minimum Gasteiger partial charge on any atom is -0.363 e. The lowest BCUT2D eigenvalue weighted by Gasteiger charge is -2.17. The first kappa shape index (κ1) is 14.0. The van der Waals surface area contributed by atoms with Crippen LogP contribution in [-0.4, -0.2) is 9.97 Å². The van der Waals surface area contributed by atoms with Crippen molar-refractivity contribution in [3.8, 4) is 0 Å². The number of nitrogens with zero attached hydrogens (tertiary/aromatic N) is 2. The van der Waals surface area contributed by atoms with Crippen LogP contribution in [0.1, 0.15) is 34.5 Å². The van der Waals surface area contributed by atoms with Crippen LogP contribution < -0.4 is 5.32 Å². The summed E-state index contributed by atoms with van der Waals surface area (Å²) in [5.74, 6) is 0.928. The quantitative estimate of drug-likeness (QED) is 0.755. The molecule has 0 aliphatic rings. The number of anilines is 1. The highest BCUT2D eigenvalue weighted by Gasteiger charge is 2.15. The Morgan fingerprint density at radius 2 is 1.86 bits per heavy atom. The van der Waals surface area contributed by atoms with Crippen molar-refractivity contribution < 1.29 is 0 Å². The fourth-order valence-electron chi connectivity index (χ4n) is 2.65. The molecule has 1 N–H and O–H groups in total. The molecule has 3 aromatic rings. The van der Waals surface area contributed by atoms with Crippen LogP contribution in [0.15, 0.2) is 30.6 Å². The molecule has 2 aromatic heterocycles. The average molecular weight is 297 g/mol. The predicted octanol–water partition coefficient (Wildman–Crippen LogP) is 4.79. The van der Waals surface area contributed by atoms with Crippen LogP contribution >= 0.6 is 11.3 Å². The number of fused-ring (bicyclic) bond motifs is 1. The van der Waals surface area contributed by atoms with E-state index in [1.807, 2.05) is 0 Å². The number of aryl methyl sites for hydroxylation is 3. The highest BCUT2D eigenvalue weighted by atomic mass is 32.1. The van der Waals surface area contributed by atoms with E-state index in [4.69, 9.17) is 0 Å². The van der Waals surface area contributed by atoms with Crippen molar-refractivity contribution in [3.63, 3.8) is 0 Å². The highest BCUT2D eigenvalue weighted by molar-refractivity contribution is 7.18. The van der Waals surface area contributed by atoms with E-state index in [9.17, 15) is 0 Å². The third-order valence-corrected chi connectivity index (χ3v) is 5.09. The van der Waals surface area contributed by atoms with Crippen LogP contribution in [0.5, 0.6) is 0 Å². The van der Waals surface area contributed by atoms with Crippen molar-refractivity contribution >= 4 is 27.4 Å². The van der Waals surface area contributed by atoms with E-state index in [1.165, 1.54) is 21.6 Å². The van der Waals surface area contributed by atoms with Gasteiger partial charge < -0.3 is 5.32 Å². The summed E-state index contributed by atoms with van der Waals surface area (Å²) in [6, 6.07) is 8.67. The molecule has 3 rings (SSSR count). The summed E-state index contributed by atoms with van der Waals surface area (Å²) in [6.07, 6.45) is 1.64. The standard InChI is InChI=1S/C17H19N3S/c1-10-7-5-6-8-14(10)12(3)20-16-15-11(2)13(4)21-17(15)19-9-18-16/h5-9,12H,1-4H3,(H,18,19,20). The zero-order valence-electron chi connectivity index (χ0n) is 12.8. The molecule has 0 spiro atoms. The molecule has 0 bridgehead atoms. The van der Waals surface area contributed by atoms with Gasteiger partial charge in [0, 0.05) is 4.88 Å². The van der Waals surface area contributed by atoms with Gasteiger partial charge in [0.05, 0.1) is 11.4 Å². The highest BCUT2D eigenvalue weighted by Crippen LogP contribution is 2.34. The molecule has 0 fully saturated rings. The maximum absolute atomic E-state index is 4.46. The summed E-state index contributed by atoms with van der Waals surface area (Å²) in [6.45, 7) is 8.59. The summed E-state index contributed by atoms with van der Waals surface area (Å²) >= 11 is 1.73. The second-order valence-corrected chi connectivity index (χ2v) is 6.61. The molecule has 0 aliphatic carbocycles. The number of hydrogen-bond donors (Lipinski definition) is 1. The fraction of sp³-hybridized carbons (Fsp3) is 0.294. The van der Waals surface area contributed by atoms with Gasteiger partial charge in [-0.25, -0.2) is 9.97 Å². The molecule has 0 radical (unpaired) electrons. The van der Waals surface area contributed by atoms with Crippen LogP contribution in [0.3, 0.4) is 0 Å². The van der Waals surface area contributed by atoms with Crippen LogP contribution in [0, 0.1) is 20.8 Å². The zero-order chi connectivity index (χ0) is 15.0. The number of nitrogens with one attached hydrogen (secondary N) is 1. The Kier molecular flexibility index (Phi) is 3.64. The van der Waals surface area contributed by atoms with Gasteiger partial charge in [0.2, 0.25) is 0 Å². The van der Waals surface area contributed by atoms with E-state index >= 15 is 0 Å². The maximum Gasteiger partial charge on any atom is 0.138 e. The fourth-order valence-corrected chi connectivity index (χ4v) is 3.64. The Morgan fingerprint density at radius 3 is 2.62 bits per heavy atom. The molecule has 1 unspecified atom stereocenters. The Bertz CT molecular complexity index is 792. The SMILES string of the molecule is Cc1ccccc1C(C)Nc1ncnc2sc(C)c(C)c12. The van der Waals surface area contributed by atoms with Crippen LogP contribution in [-0.2, 0) is 0 Å². The minimum atomic E-state index is 0.212. The first-order valence-electron chi connectivity index (χ1n) is 7.10. The van der Waals surface area contributed by atoms with E-state index in [2.05, 4.69) is 67.2 Å². The Balaban J connectivity index is 2.00. The molecule has 0 aliphatic heterocycles. The van der Waals surface area contributed by atoms with Gasteiger partial charge in [-0.05, 0) is 44.4 Å². The second kappa shape index (κ2) is 5.45. The van der Waals surface area contributed by atoms with Gasteiger partial charge in [-0.15, -0.1) is 11.3 Å². The van der Waals surface area contributed by atoms with E-state index < -0.39 is 0 Å². The molecular formula is C17H19N3S.